The molecule has 1 atom stereocenters. The van der Waals surface area contributed by atoms with E-state index in [0.29, 0.717) is 23.3 Å². The number of hydrogen-bond acceptors (Lipinski definition) is 5. The molecule has 36 heavy (non-hydrogen) atoms. The fourth-order valence-corrected chi connectivity index (χ4v) is 5.76. The Labute approximate surface area is 211 Å². The molecule has 0 bridgehead atoms. The number of benzene rings is 1. The van der Waals surface area contributed by atoms with Crippen molar-refractivity contribution in [3.63, 3.8) is 0 Å². The highest BCUT2D eigenvalue weighted by Gasteiger charge is 2.47. The van der Waals surface area contributed by atoms with E-state index in [1.54, 1.807) is 6.08 Å². The zero-order chi connectivity index (χ0) is 24.8. The first-order valence-corrected chi connectivity index (χ1v) is 13.1. The molecule has 0 radical (unpaired) electrons. The molecule has 4 fully saturated rings. The van der Waals surface area contributed by atoms with Crippen molar-refractivity contribution in [3.05, 3.63) is 53.2 Å². The summed E-state index contributed by atoms with van der Waals surface area (Å²) in [4.78, 5) is 21.1. The molecule has 1 saturated heterocycles. The molecule has 1 unspecified atom stereocenters. The van der Waals surface area contributed by atoms with E-state index in [2.05, 4.69) is 32.6 Å². The zero-order valence-corrected chi connectivity index (χ0v) is 20.5. The van der Waals surface area contributed by atoms with Gasteiger partial charge in [-0.2, -0.15) is 5.26 Å². The maximum absolute atomic E-state index is 13.0. The van der Waals surface area contributed by atoms with Gasteiger partial charge < -0.3 is 10.1 Å². The summed E-state index contributed by atoms with van der Waals surface area (Å²) in [5, 5.41) is 22.5. The lowest BCUT2D eigenvalue weighted by atomic mass is 9.92. The SMILES string of the molecule is C=Cc1c(/C=N/O)cccc1-c1cc(C#N)c(N2CCN(C(=O)C3CC3)C(C3CC3)C2)[nH+]c1C1CC1. The van der Waals surface area contributed by atoms with Gasteiger partial charge in [0.15, 0.2) is 0 Å². The highest BCUT2D eigenvalue weighted by molar-refractivity contribution is 5.91. The second-order valence-electron chi connectivity index (χ2n) is 10.7. The summed E-state index contributed by atoms with van der Waals surface area (Å²) in [6, 6.07) is 10.5. The van der Waals surface area contributed by atoms with E-state index >= 15 is 0 Å². The Morgan fingerprint density at radius 2 is 1.97 bits per heavy atom. The molecule has 1 aromatic heterocycles. The standard InChI is InChI=1S/C29H31N5O2/c1-2-23-21(16-31-36)4-3-5-24(23)25-14-22(15-30)28(32-27(25)19-8-9-19)33-12-13-34(29(35)20-10-11-20)26(17-33)18-6-7-18/h2-5,14,16,18-20,26,36H,1,6-13,17H2/p+1/b31-16+. The molecule has 2 aromatic rings. The van der Waals surface area contributed by atoms with E-state index in [4.69, 9.17) is 5.21 Å². The van der Waals surface area contributed by atoms with E-state index in [1.165, 1.54) is 19.1 Å². The van der Waals surface area contributed by atoms with Crippen LogP contribution in [0.1, 0.15) is 66.8 Å². The number of nitriles is 1. The Kier molecular flexibility index (Phi) is 5.75. The van der Waals surface area contributed by atoms with Crippen molar-refractivity contribution in [2.45, 2.75) is 50.5 Å². The van der Waals surface area contributed by atoms with Crippen molar-refractivity contribution in [2.75, 3.05) is 24.5 Å². The summed E-state index contributed by atoms with van der Waals surface area (Å²) in [5.41, 5.74) is 5.38. The summed E-state index contributed by atoms with van der Waals surface area (Å²) in [6.07, 6.45) is 9.87. The fourth-order valence-electron chi connectivity index (χ4n) is 5.76. The predicted octanol–water partition coefficient (Wildman–Crippen LogP) is 4.21. The quantitative estimate of drug-likeness (QED) is 0.363. The van der Waals surface area contributed by atoms with Crippen LogP contribution in [0.3, 0.4) is 0 Å². The van der Waals surface area contributed by atoms with Gasteiger partial charge in [-0.3, -0.25) is 9.69 Å². The minimum atomic E-state index is 0.234. The lowest BCUT2D eigenvalue weighted by molar-refractivity contribution is -0.376. The first-order chi connectivity index (χ1) is 17.6. The van der Waals surface area contributed by atoms with Crippen molar-refractivity contribution in [3.8, 4) is 17.2 Å². The molecule has 1 aliphatic heterocycles. The van der Waals surface area contributed by atoms with Gasteiger partial charge in [-0.25, -0.2) is 4.98 Å². The van der Waals surface area contributed by atoms with Gasteiger partial charge in [-0.15, -0.1) is 0 Å². The van der Waals surface area contributed by atoms with Gasteiger partial charge in [-0.05, 0) is 61.6 Å². The minimum Gasteiger partial charge on any atom is -0.411 e. The van der Waals surface area contributed by atoms with E-state index in [9.17, 15) is 10.1 Å². The van der Waals surface area contributed by atoms with Crippen LogP contribution in [-0.2, 0) is 4.79 Å². The number of anilines is 1. The summed E-state index contributed by atoms with van der Waals surface area (Å²) in [7, 11) is 0. The molecule has 184 valence electrons. The third-order valence-corrected chi connectivity index (χ3v) is 8.13. The van der Waals surface area contributed by atoms with E-state index in [0.717, 1.165) is 79.1 Å². The number of amides is 1. The van der Waals surface area contributed by atoms with Gasteiger partial charge in [0.05, 0.1) is 18.8 Å². The third kappa shape index (κ3) is 4.15. The zero-order valence-electron chi connectivity index (χ0n) is 20.5. The molecule has 2 heterocycles. The van der Waals surface area contributed by atoms with Crippen LogP contribution in [0, 0.1) is 23.2 Å². The lowest BCUT2D eigenvalue weighted by Gasteiger charge is -2.39. The van der Waals surface area contributed by atoms with Crippen LogP contribution in [-0.4, -0.2) is 47.9 Å². The Morgan fingerprint density at radius 3 is 2.61 bits per heavy atom. The number of carbonyl (C=O) groups is 1. The number of carbonyl (C=O) groups excluding carboxylic acids is 1. The van der Waals surface area contributed by atoms with Gasteiger partial charge in [0, 0.05) is 23.0 Å². The van der Waals surface area contributed by atoms with Crippen molar-refractivity contribution in [1.29, 1.82) is 5.26 Å². The van der Waals surface area contributed by atoms with Crippen molar-refractivity contribution in [2.24, 2.45) is 17.0 Å². The highest BCUT2D eigenvalue weighted by Crippen LogP contribution is 2.45. The monoisotopic (exact) mass is 482 g/mol. The first kappa shape index (κ1) is 22.8. The number of aromatic nitrogens is 1. The summed E-state index contributed by atoms with van der Waals surface area (Å²) < 4.78 is 0. The molecule has 4 aliphatic rings. The topological polar surface area (TPSA) is 94.1 Å². The van der Waals surface area contributed by atoms with Crippen LogP contribution in [0.4, 0.5) is 5.82 Å². The number of pyridine rings is 1. The van der Waals surface area contributed by atoms with E-state index in [-0.39, 0.29) is 12.0 Å². The average Bonchev–Trinajstić information content (AvgIpc) is 3.76. The number of piperazine rings is 1. The number of hydrogen-bond donors (Lipinski definition) is 1. The largest absolute Gasteiger partial charge is 0.411 e. The maximum atomic E-state index is 13.0. The van der Waals surface area contributed by atoms with Crippen LogP contribution in [0.15, 0.2) is 36.0 Å². The molecule has 0 spiro atoms. The predicted molar refractivity (Wildman–Crippen MR) is 138 cm³/mol. The van der Waals surface area contributed by atoms with Gasteiger partial charge in [0.2, 0.25) is 5.91 Å². The maximum Gasteiger partial charge on any atom is 0.292 e. The van der Waals surface area contributed by atoms with Crippen molar-refractivity contribution in [1.82, 2.24) is 4.90 Å². The number of H-pyrrole nitrogens is 1. The smallest absolute Gasteiger partial charge is 0.292 e. The van der Waals surface area contributed by atoms with Gasteiger partial charge in [0.1, 0.15) is 30.4 Å². The molecule has 7 nitrogen and oxygen atoms in total. The number of nitrogens with zero attached hydrogens (tertiary/aromatic N) is 4. The van der Waals surface area contributed by atoms with E-state index in [1.807, 2.05) is 24.3 Å². The molecule has 1 amide bonds. The van der Waals surface area contributed by atoms with Crippen LogP contribution in [0.25, 0.3) is 17.2 Å². The van der Waals surface area contributed by atoms with Gasteiger partial charge in [-0.1, -0.05) is 36.0 Å². The molecule has 7 heteroatoms. The summed E-state index contributed by atoms with van der Waals surface area (Å²) >= 11 is 0. The Morgan fingerprint density at radius 1 is 1.17 bits per heavy atom. The number of nitrogens with one attached hydrogen (secondary N) is 1. The lowest BCUT2D eigenvalue weighted by Crippen LogP contribution is -2.57. The van der Waals surface area contributed by atoms with Crippen molar-refractivity contribution < 1.29 is 15.0 Å². The normalized spacial score (nSPS) is 22.0. The van der Waals surface area contributed by atoms with Crippen LogP contribution >= 0.6 is 0 Å². The fraction of sp³-hybridized carbons (Fsp3) is 0.448. The van der Waals surface area contributed by atoms with Gasteiger partial charge in [0.25, 0.3) is 5.82 Å². The Balaban J connectivity index is 1.39. The summed E-state index contributed by atoms with van der Waals surface area (Å²) in [6.45, 7) is 6.22. The number of rotatable bonds is 7. The second-order valence-corrected chi connectivity index (χ2v) is 10.7. The first-order valence-electron chi connectivity index (χ1n) is 13.1. The number of oxime groups is 1. The molecule has 3 aliphatic carbocycles. The second kappa shape index (κ2) is 9.09. The molecular weight excluding hydrogens is 450 g/mol. The van der Waals surface area contributed by atoms with Crippen LogP contribution in [0.2, 0.25) is 0 Å². The van der Waals surface area contributed by atoms with Crippen LogP contribution < -0.4 is 9.88 Å². The molecular formula is C29H32N5O2+. The Hall–Kier alpha value is -3.66. The average molecular weight is 483 g/mol. The summed E-state index contributed by atoms with van der Waals surface area (Å²) in [5.74, 6) is 2.46. The number of aromatic amines is 1. The molecule has 6 rings (SSSR count). The molecule has 3 saturated carbocycles. The van der Waals surface area contributed by atoms with E-state index < -0.39 is 0 Å². The van der Waals surface area contributed by atoms with Crippen LogP contribution in [0.5, 0.6) is 0 Å². The van der Waals surface area contributed by atoms with Crippen molar-refractivity contribution >= 4 is 24.0 Å². The molecule has 1 aromatic carbocycles. The third-order valence-electron chi connectivity index (χ3n) is 8.13. The Bertz CT molecular complexity index is 1280. The minimum absolute atomic E-state index is 0.234. The van der Waals surface area contributed by atoms with Gasteiger partial charge >= 0.3 is 0 Å². The molecule has 2 N–H and O–H groups in total. The highest BCUT2D eigenvalue weighted by atomic mass is 16.4.